The molecular weight excluding hydrogens is 360 g/mol. The number of rotatable bonds is 1. The summed E-state index contributed by atoms with van der Waals surface area (Å²) >= 11 is 0. The van der Waals surface area contributed by atoms with E-state index >= 15 is 0 Å². The molecule has 2 saturated carbocycles. The average molecular weight is 395 g/mol. The molecule has 2 aliphatic heterocycles. The van der Waals surface area contributed by atoms with Crippen LogP contribution in [0.3, 0.4) is 0 Å². The van der Waals surface area contributed by atoms with E-state index in [1.165, 1.54) is 6.92 Å². The van der Waals surface area contributed by atoms with Gasteiger partial charge in [-0.05, 0) is 43.9 Å². The van der Waals surface area contributed by atoms with Crippen molar-refractivity contribution in [2.75, 3.05) is 6.61 Å². The molecule has 4 fully saturated rings. The predicted octanol–water partition coefficient (Wildman–Crippen LogP) is 3.14. The van der Waals surface area contributed by atoms with Gasteiger partial charge in [0, 0.05) is 25.2 Å². The maximum atomic E-state index is 13.5. The maximum Gasteiger partial charge on any atom is 0.303 e. The highest BCUT2D eigenvalue weighted by atomic mass is 16.7. The Labute approximate surface area is 167 Å². The van der Waals surface area contributed by atoms with Crippen molar-refractivity contribution in [3.05, 3.63) is 0 Å². The molecular formula is C22H34O6. The van der Waals surface area contributed by atoms with E-state index in [0.29, 0.717) is 32.3 Å². The molecule has 4 rings (SSSR count). The fourth-order valence-electron chi connectivity index (χ4n) is 7.23. The van der Waals surface area contributed by atoms with Crippen molar-refractivity contribution in [1.29, 1.82) is 0 Å². The molecule has 2 saturated heterocycles. The molecule has 4 aliphatic rings. The summed E-state index contributed by atoms with van der Waals surface area (Å²) in [5, 5.41) is 9.99. The summed E-state index contributed by atoms with van der Waals surface area (Å²) < 4.78 is 18.2. The summed E-state index contributed by atoms with van der Waals surface area (Å²) in [6.07, 6.45) is 4.34. The van der Waals surface area contributed by atoms with Crippen molar-refractivity contribution < 1.29 is 28.9 Å². The van der Waals surface area contributed by atoms with Crippen LogP contribution in [0.5, 0.6) is 0 Å². The minimum absolute atomic E-state index is 0.0119. The zero-order chi connectivity index (χ0) is 20.6. The Kier molecular flexibility index (Phi) is 4.36. The second-order valence-corrected chi connectivity index (χ2v) is 10.6. The molecule has 0 amide bonds. The lowest BCUT2D eigenvalue weighted by Gasteiger charge is -2.65. The first-order valence-electron chi connectivity index (χ1n) is 10.6. The van der Waals surface area contributed by atoms with Crippen LogP contribution in [0.1, 0.15) is 79.6 Å². The molecule has 6 heteroatoms. The maximum absolute atomic E-state index is 13.5. The van der Waals surface area contributed by atoms with E-state index < -0.39 is 29.1 Å². The van der Waals surface area contributed by atoms with Gasteiger partial charge in [0.15, 0.2) is 17.7 Å². The van der Waals surface area contributed by atoms with Gasteiger partial charge in [-0.2, -0.15) is 0 Å². The lowest BCUT2D eigenvalue weighted by Crippen LogP contribution is -2.74. The van der Waals surface area contributed by atoms with E-state index in [1.54, 1.807) is 6.92 Å². The van der Waals surface area contributed by atoms with E-state index in [0.717, 1.165) is 19.3 Å². The molecule has 0 aromatic rings. The van der Waals surface area contributed by atoms with Gasteiger partial charge in [-0.1, -0.05) is 27.2 Å². The lowest BCUT2D eigenvalue weighted by molar-refractivity contribution is -0.286. The van der Waals surface area contributed by atoms with Crippen LogP contribution < -0.4 is 0 Å². The van der Waals surface area contributed by atoms with Crippen LogP contribution in [0.15, 0.2) is 0 Å². The van der Waals surface area contributed by atoms with Gasteiger partial charge >= 0.3 is 5.97 Å². The van der Waals surface area contributed by atoms with Gasteiger partial charge < -0.3 is 19.3 Å². The Balaban J connectivity index is 1.86. The summed E-state index contributed by atoms with van der Waals surface area (Å²) in [6, 6.07) is 0. The number of aliphatic hydroxyl groups excluding tert-OH is 1. The highest BCUT2D eigenvalue weighted by Crippen LogP contribution is 2.69. The first-order valence-corrected chi connectivity index (χ1v) is 10.6. The number of esters is 1. The van der Waals surface area contributed by atoms with Crippen molar-refractivity contribution in [3.63, 3.8) is 0 Å². The Morgan fingerprint density at radius 2 is 1.86 bits per heavy atom. The first kappa shape index (κ1) is 20.3. The zero-order valence-electron chi connectivity index (χ0n) is 17.8. The van der Waals surface area contributed by atoms with Gasteiger partial charge in [0.05, 0.1) is 12.2 Å². The molecule has 0 aromatic carbocycles. The number of hydrogen-bond acceptors (Lipinski definition) is 6. The van der Waals surface area contributed by atoms with Crippen molar-refractivity contribution in [2.45, 2.75) is 103 Å². The lowest BCUT2D eigenvalue weighted by atomic mass is 9.43. The minimum atomic E-state index is -1.32. The first-order chi connectivity index (χ1) is 12.9. The third-order valence-corrected chi connectivity index (χ3v) is 8.60. The molecule has 6 unspecified atom stereocenters. The van der Waals surface area contributed by atoms with E-state index in [1.807, 2.05) is 0 Å². The predicted molar refractivity (Wildman–Crippen MR) is 101 cm³/mol. The normalized spacial score (nSPS) is 50.1. The second-order valence-electron chi connectivity index (χ2n) is 10.6. The number of fused-ring (bicyclic) bond motifs is 2. The van der Waals surface area contributed by atoms with E-state index in [2.05, 4.69) is 20.8 Å². The fraction of sp³-hybridized carbons (Fsp3) is 0.909. The second kappa shape index (κ2) is 6.02. The quantitative estimate of drug-likeness (QED) is 0.688. The topological polar surface area (TPSA) is 82.1 Å². The van der Waals surface area contributed by atoms with Crippen LogP contribution in [0, 0.1) is 16.7 Å². The molecule has 0 aromatic heterocycles. The van der Waals surface area contributed by atoms with Crippen molar-refractivity contribution in [3.8, 4) is 0 Å². The smallest absolute Gasteiger partial charge is 0.303 e. The molecule has 2 aliphatic carbocycles. The fourth-order valence-corrected chi connectivity index (χ4v) is 7.23. The van der Waals surface area contributed by atoms with E-state index in [-0.39, 0.29) is 22.5 Å². The highest BCUT2D eigenvalue weighted by molar-refractivity contribution is 5.92. The summed E-state index contributed by atoms with van der Waals surface area (Å²) in [5.41, 5.74) is -3.14. The number of hydrogen-bond donors (Lipinski definition) is 1. The average Bonchev–Trinajstić information content (AvgIpc) is 3.13. The van der Waals surface area contributed by atoms with E-state index in [9.17, 15) is 14.7 Å². The van der Waals surface area contributed by atoms with Crippen LogP contribution >= 0.6 is 0 Å². The summed E-state index contributed by atoms with van der Waals surface area (Å²) in [6.45, 7) is 10.2. The molecule has 28 heavy (non-hydrogen) atoms. The summed E-state index contributed by atoms with van der Waals surface area (Å²) in [7, 11) is 0. The van der Waals surface area contributed by atoms with Crippen LogP contribution in [0.4, 0.5) is 0 Å². The Morgan fingerprint density at radius 1 is 1.14 bits per heavy atom. The van der Waals surface area contributed by atoms with Crippen molar-refractivity contribution >= 4 is 11.8 Å². The van der Waals surface area contributed by atoms with Crippen molar-refractivity contribution in [2.24, 2.45) is 16.7 Å². The standard InChI is InChI=1S/C22H34O6/c1-14(23)27-20(5)16(24)11-15-18(2,3)7-6-8-19(15,4)22(20)10-9-21(28-22)12-17(25)26-13-21/h15,17,25H,6-13H2,1-5H3. The number of ketones is 1. The van der Waals surface area contributed by atoms with Gasteiger partial charge in [-0.3, -0.25) is 9.59 Å². The molecule has 0 radical (unpaired) electrons. The van der Waals surface area contributed by atoms with Crippen LogP contribution in [-0.2, 0) is 23.8 Å². The zero-order valence-corrected chi connectivity index (χ0v) is 17.8. The summed E-state index contributed by atoms with van der Waals surface area (Å²) in [5.74, 6) is -0.344. The Bertz CT molecular complexity index is 703. The van der Waals surface area contributed by atoms with E-state index in [4.69, 9.17) is 14.2 Å². The Hall–Kier alpha value is -0.980. The number of aliphatic hydroxyl groups is 1. The minimum Gasteiger partial charge on any atom is -0.448 e. The number of ether oxygens (including phenoxy) is 3. The van der Waals surface area contributed by atoms with Crippen LogP contribution in [0.25, 0.3) is 0 Å². The molecule has 6 atom stereocenters. The van der Waals surface area contributed by atoms with Gasteiger partial charge in [0.25, 0.3) is 0 Å². The molecule has 1 N–H and O–H groups in total. The third-order valence-electron chi connectivity index (χ3n) is 8.60. The molecule has 2 spiro atoms. The largest absolute Gasteiger partial charge is 0.448 e. The molecule has 0 bridgehead atoms. The van der Waals surface area contributed by atoms with Gasteiger partial charge in [0.2, 0.25) is 0 Å². The summed E-state index contributed by atoms with van der Waals surface area (Å²) in [4.78, 5) is 25.6. The number of carbonyl (C=O) groups is 2. The van der Waals surface area contributed by atoms with Gasteiger partial charge in [-0.15, -0.1) is 0 Å². The molecule has 158 valence electrons. The Morgan fingerprint density at radius 3 is 2.46 bits per heavy atom. The van der Waals surface area contributed by atoms with Crippen molar-refractivity contribution in [1.82, 2.24) is 0 Å². The molecule has 6 nitrogen and oxygen atoms in total. The molecule has 2 heterocycles. The van der Waals surface area contributed by atoms with Crippen LogP contribution in [-0.4, -0.2) is 46.6 Å². The third kappa shape index (κ3) is 2.50. The van der Waals surface area contributed by atoms with Crippen LogP contribution in [0.2, 0.25) is 0 Å². The number of Topliss-reactive ketones (excluding diaryl/α,β-unsaturated/α-hetero) is 1. The monoisotopic (exact) mass is 394 g/mol. The highest BCUT2D eigenvalue weighted by Gasteiger charge is 2.76. The van der Waals surface area contributed by atoms with Gasteiger partial charge in [-0.25, -0.2) is 0 Å². The van der Waals surface area contributed by atoms with Gasteiger partial charge in [0.1, 0.15) is 5.60 Å². The number of carbonyl (C=O) groups excluding carboxylic acids is 2. The SMILES string of the molecule is CC(=O)OC1(C)C(=O)CC2C(C)(C)CCCC2(C)C12CCC1(COC(O)C1)O2.